The molecule has 0 aliphatic carbocycles. The van der Waals surface area contributed by atoms with Crippen molar-refractivity contribution in [2.45, 2.75) is 13.8 Å². The molecule has 0 saturated heterocycles. The lowest BCUT2D eigenvalue weighted by Gasteiger charge is -1.89. The third-order valence-corrected chi connectivity index (χ3v) is 2.42. The molecular weight excluding hydrogens is 176 g/mol. The van der Waals surface area contributed by atoms with E-state index in [-0.39, 0.29) is 0 Å². The van der Waals surface area contributed by atoms with Crippen LogP contribution in [0.2, 0.25) is 0 Å². The molecule has 2 nitrogen and oxygen atoms in total. The Morgan fingerprint density at radius 1 is 0.786 bits per heavy atom. The maximum Gasteiger partial charge on any atom is 0.177 e. The second kappa shape index (κ2) is 2.41. The monoisotopic (exact) mass is 186 g/mol. The van der Waals surface area contributed by atoms with E-state index in [1.54, 1.807) is 0 Å². The normalized spacial score (nSPS) is 11.6. The average Bonchev–Trinajstić information content (AvgIpc) is 2.65. The lowest BCUT2D eigenvalue weighted by molar-refractivity contribution is 0.548. The fraction of sp³-hybridized carbons (Fsp3) is 0.167. The molecule has 70 valence electrons. The molecule has 0 aliphatic heterocycles. The minimum Gasteiger partial charge on any atom is -0.457 e. The fourth-order valence-electron chi connectivity index (χ4n) is 1.85. The van der Waals surface area contributed by atoms with Gasteiger partial charge in [-0.05, 0) is 26.0 Å². The van der Waals surface area contributed by atoms with Crippen LogP contribution in [0.4, 0.5) is 0 Å². The summed E-state index contributed by atoms with van der Waals surface area (Å²) in [5.74, 6) is 1.84. The van der Waals surface area contributed by atoms with Crippen molar-refractivity contribution >= 4 is 21.9 Å². The number of hydrogen-bond donors (Lipinski definition) is 0. The third kappa shape index (κ3) is 0.909. The Morgan fingerprint density at radius 3 is 1.64 bits per heavy atom. The summed E-state index contributed by atoms with van der Waals surface area (Å²) in [6.07, 6.45) is 0. The van der Waals surface area contributed by atoms with Gasteiger partial charge in [0.2, 0.25) is 0 Å². The van der Waals surface area contributed by atoms with Gasteiger partial charge in [0.1, 0.15) is 11.5 Å². The van der Waals surface area contributed by atoms with Gasteiger partial charge in [-0.3, -0.25) is 0 Å². The molecule has 2 heteroatoms. The van der Waals surface area contributed by atoms with Crippen LogP contribution in [0.3, 0.4) is 0 Å². The largest absolute Gasteiger partial charge is 0.457 e. The average molecular weight is 186 g/mol. The summed E-state index contributed by atoms with van der Waals surface area (Å²) in [5.41, 5.74) is 1.71. The van der Waals surface area contributed by atoms with Crippen molar-refractivity contribution in [3.05, 3.63) is 35.8 Å². The molecule has 3 aromatic rings. The van der Waals surface area contributed by atoms with Gasteiger partial charge >= 0.3 is 0 Å². The van der Waals surface area contributed by atoms with Gasteiger partial charge < -0.3 is 8.83 Å². The van der Waals surface area contributed by atoms with Gasteiger partial charge in [0.15, 0.2) is 11.2 Å². The van der Waals surface area contributed by atoms with Crippen LogP contribution in [0.25, 0.3) is 21.9 Å². The molecule has 0 unspecified atom stereocenters. The van der Waals surface area contributed by atoms with Crippen molar-refractivity contribution in [1.82, 2.24) is 0 Å². The first kappa shape index (κ1) is 7.68. The molecule has 0 saturated carbocycles. The summed E-state index contributed by atoms with van der Waals surface area (Å²) in [6, 6.07) is 8.16. The van der Waals surface area contributed by atoms with E-state index in [9.17, 15) is 0 Å². The van der Waals surface area contributed by atoms with Crippen molar-refractivity contribution in [3.63, 3.8) is 0 Å². The minimum atomic E-state index is 0.855. The molecule has 14 heavy (non-hydrogen) atoms. The number of fused-ring (bicyclic) bond motifs is 3. The molecule has 0 N–H and O–H groups in total. The highest BCUT2D eigenvalue weighted by Gasteiger charge is 2.08. The zero-order valence-corrected chi connectivity index (χ0v) is 8.13. The van der Waals surface area contributed by atoms with Crippen LogP contribution in [-0.2, 0) is 0 Å². The minimum absolute atomic E-state index is 0.855. The Balaban J connectivity index is 2.58. The van der Waals surface area contributed by atoms with E-state index in [1.165, 1.54) is 0 Å². The van der Waals surface area contributed by atoms with Crippen molar-refractivity contribution < 1.29 is 8.83 Å². The summed E-state index contributed by atoms with van der Waals surface area (Å²) in [5, 5.41) is 2.20. The number of benzene rings is 1. The van der Waals surface area contributed by atoms with Gasteiger partial charge in [0, 0.05) is 10.8 Å². The van der Waals surface area contributed by atoms with E-state index in [1.807, 2.05) is 26.0 Å². The Morgan fingerprint density at radius 2 is 1.21 bits per heavy atom. The third-order valence-electron chi connectivity index (χ3n) is 2.42. The van der Waals surface area contributed by atoms with Crippen molar-refractivity contribution in [3.8, 4) is 0 Å². The zero-order valence-electron chi connectivity index (χ0n) is 8.13. The quantitative estimate of drug-likeness (QED) is 0.533. The lowest BCUT2D eigenvalue weighted by atomic mass is 10.2. The van der Waals surface area contributed by atoms with Crippen LogP contribution in [-0.4, -0.2) is 0 Å². The summed E-state index contributed by atoms with van der Waals surface area (Å²) < 4.78 is 11.2. The number of furan rings is 2. The molecule has 2 aromatic heterocycles. The molecule has 0 bridgehead atoms. The van der Waals surface area contributed by atoms with E-state index in [4.69, 9.17) is 8.83 Å². The van der Waals surface area contributed by atoms with Crippen molar-refractivity contribution in [2.24, 2.45) is 0 Å². The Bertz CT molecular complexity index is 558. The predicted molar refractivity (Wildman–Crippen MR) is 55.5 cm³/mol. The molecule has 0 aliphatic rings. The molecule has 1 aromatic carbocycles. The van der Waals surface area contributed by atoms with Crippen LogP contribution in [0.15, 0.2) is 33.1 Å². The fourth-order valence-corrected chi connectivity index (χ4v) is 1.85. The highest BCUT2D eigenvalue weighted by molar-refractivity contribution is 6.01. The van der Waals surface area contributed by atoms with E-state index in [2.05, 4.69) is 12.1 Å². The molecule has 0 fully saturated rings. The summed E-state index contributed by atoms with van der Waals surface area (Å²) >= 11 is 0. The van der Waals surface area contributed by atoms with Gasteiger partial charge in [-0.1, -0.05) is 12.1 Å². The molecule has 0 atom stereocenters. The van der Waals surface area contributed by atoms with Crippen molar-refractivity contribution in [1.29, 1.82) is 0 Å². The second-order valence-corrected chi connectivity index (χ2v) is 3.62. The van der Waals surface area contributed by atoms with Gasteiger partial charge in [0.25, 0.3) is 0 Å². The summed E-state index contributed by atoms with van der Waals surface area (Å²) in [6.45, 7) is 3.89. The Hall–Kier alpha value is -1.70. The predicted octanol–water partition coefficient (Wildman–Crippen LogP) is 3.80. The lowest BCUT2D eigenvalue weighted by Crippen LogP contribution is -1.64. The van der Waals surface area contributed by atoms with E-state index in [0.29, 0.717) is 0 Å². The Kier molecular flexibility index (Phi) is 1.32. The SMILES string of the molecule is Cc1cc2ccc3cc(C)oc3c2o1. The van der Waals surface area contributed by atoms with Crippen LogP contribution in [0.1, 0.15) is 11.5 Å². The molecule has 2 heterocycles. The van der Waals surface area contributed by atoms with Gasteiger partial charge in [-0.15, -0.1) is 0 Å². The van der Waals surface area contributed by atoms with Crippen LogP contribution in [0, 0.1) is 13.8 Å². The van der Waals surface area contributed by atoms with E-state index >= 15 is 0 Å². The van der Waals surface area contributed by atoms with E-state index in [0.717, 1.165) is 33.5 Å². The van der Waals surface area contributed by atoms with Crippen LogP contribution < -0.4 is 0 Å². The van der Waals surface area contributed by atoms with Gasteiger partial charge in [-0.25, -0.2) is 0 Å². The van der Waals surface area contributed by atoms with Gasteiger partial charge in [-0.2, -0.15) is 0 Å². The van der Waals surface area contributed by atoms with Gasteiger partial charge in [0.05, 0.1) is 0 Å². The molecule has 3 rings (SSSR count). The van der Waals surface area contributed by atoms with Crippen LogP contribution >= 0.6 is 0 Å². The van der Waals surface area contributed by atoms with Crippen molar-refractivity contribution in [2.75, 3.05) is 0 Å². The topological polar surface area (TPSA) is 26.3 Å². The first-order chi connectivity index (χ1) is 6.74. The standard InChI is InChI=1S/C12H10O2/c1-7-5-9-3-4-10-6-8(2)14-12(10)11(9)13-7/h3-6H,1-2H3. The highest BCUT2D eigenvalue weighted by atomic mass is 16.4. The maximum absolute atomic E-state index is 5.60. The van der Waals surface area contributed by atoms with E-state index < -0.39 is 0 Å². The molecular formula is C12H10O2. The Labute approximate surface area is 81.1 Å². The number of aryl methyl sites for hydroxylation is 2. The number of rotatable bonds is 0. The second-order valence-electron chi connectivity index (χ2n) is 3.62. The summed E-state index contributed by atoms with van der Waals surface area (Å²) in [4.78, 5) is 0. The zero-order chi connectivity index (χ0) is 9.71. The maximum atomic E-state index is 5.60. The van der Waals surface area contributed by atoms with Crippen LogP contribution in [0.5, 0.6) is 0 Å². The summed E-state index contributed by atoms with van der Waals surface area (Å²) in [7, 11) is 0. The first-order valence-electron chi connectivity index (χ1n) is 4.63. The molecule has 0 radical (unpaired) electrons. The smallest absolute Gasteiger partial charge is 0.177 e. The first-order valence-corrected chi connectivity index (χ1v) is 4.63. The molecule has 0 amide bonds. The highest BCUT2D eigenvalue weighted by Crippen LogP contribution is 2.29. The number of hydrogen-bond acceptors (Lipinski definition) is 2. The molecule has 0 spiro atoms.